The topological polar surface area (TPSA) is 254 Å². The molecule has 0 fully saturated rings. The van der Waals surface area contributed by atoms with Gasteiger partial charge in [-0.15, -0.1) is 0 Å². The van der Waals surface area contributed by atoms with Crippen molar-refractivity contribution in [2.24, 2.45) is 11.5 Å². The normalized spacial score (nSPS) is 14.3. The van der Waals surface area contributed by atoms with E-state index in [1.807, 2.05) is 5.32 Å². The molecule has 14 heteroatoms. The van der Waals surface area contributed by atoms with Crippen LogP contribution >= 0.6 is 0 Å². The first-order valence-electron chi connectivity index (χ1n) is 9.65. The number of phenolic OH excluding ortho intramolecular Hbond substituents is 1. The molecule has 11 N–H and O–H groups in total. The average molecular weight is 469 g/mol. The van der Waals surface area contributed by atoms with Crippen molar-refractivity contribution in [3.05, 3.63) is 29.8 Å². The number of hydrogen-bond donors (Lipinski definition) is 9. The number of hydrogen-bond acceptors (Lipinski definition) is 9. The maximum atomic E-state index is 12.8. The van der Waals surface area contributed by atoms with Crippen LogP contribution in [0.15, 0.2) is 24.3 Å². The number of nitrogens with one attached hydrogen (secondary N) is 3. The van der Waals surface area contributed by atoms with Gasteiger partial charge < -0.3 is 47.8 Å². The van der Waals surface area contributed by atoms with E-state index in [0.717, 1.165) is 0 Å². The molecule has 0 aliphatic heterocycles. The maximum Gasteiger partial charge on any atom is 0.326 e. The Hall–Kier alpha value is -3.75. The molecule has 4 amide bonds. The fraction of sp³-hybridized carbons (Fsp3) is 0.421. The summed E-state index contributed by atoms with van der Waals surface area (Å²) in [6, 6.07) is -0.310. The number of carbonyl (C=O) groups is 5. The third-order valence-corrected chi connectivity index (χ3v) is 4.38. The number of aromatic hydroxyl groups is 1. The molecule has 0 radical (unpaired) electrons. The van der Waals surface area contributed by atoms with Gasteiger partial charge in [-0.2, -0.15) is 0 Å². The fourth-order valence-electron chi connectivity index (χ4n) is 2.58. The van der Waals surface area contributed by atoms with E-state index in [1.165, 1.54) is 24.3 Å². The zero-order chi connectivity index (χ0) is 25.1. The fourth-order valence-corrected chi connectivity index (χ4v) is 2.58. The van der Waals surface area contributed by atoms with E-state index in [2.05, 4.69) is 10.6 Å². The predicted molar refractivity (Wildman–Crippen MR) is 111 cm³/mol. The number of carbonyl (C=O) groups excluding carboxylic acids is 4. The lowest BCUT2D eigenvalue weighted by Crippen LogP contribution is -2.59. The van der Waals surface area contributed by atoms with Gasteiger partial charge in [0.15, 0.2) is 0 Å². The van der Waals surface area contributed by atoms with Crippen LogP contribution in [-0.4, -0.2) is 87.4 Å². The van der Waals surface area contributed by atoms with Crippen LogP contribution in [0.25, 0.3) is 0 Å². The van der Waals surface area contributed by atoms with Crippen molar-refractivity contribution >= 4 is 29.6 Å². The largest absolute Gasteiger partial charge is 0.508 e. The lowest BCUT2D eigenvalue weighted by Gasteiger charge is -2.24. The molecule has 33 heavy (non-hydrogen) atoms. The van der Waals surface area contributed by atoms with Crippen molar-refractivity contribution in [2.75, 3.05) is 13.2 Å². The number of amides is 4. The van der Waals surface area contributed by atoms with E-state index in [-0.39, 0.29) is 12.2 Å². The van der Waals surface area contributed by atoms with Crippen LogP contribution in [0.1, 0.15) is 12.0 Å². The molecule has 0 bridgehead atoms. The van der Waals surface area contributed by atoms with E-state index in [0.29, 0.717) is 5.56 Å². The molecular weight excluding hydrogens is 442 g/mol. The molecule has 14 nitrogen and oxygen atoms in total. The lowest BCUT2D eigenvalue weighted by atomic mass is 10.0. The number of nitrogens with two attached hydrogens (primary N) is 2. The van der Waals surface area contributed by atoms with Crippen LogP contribution in [0.3, 0.4) is 0 Å². The highest BCUT2D eigenvalue weighted by atomic mass is 16.4. The zero-order valence-corrected chi connectivity index (χ0v) is 17.4. The van der Waals surface area contributed by atoms with Crippen molar-refractivity contribution in [1.82, 2.24) is 16.0 Å². The van der Waals surface area contributed by atoms with Crippen LogP contribution in [-0.2, 0) is 30.4 Å². The van der Waals surface area contributed by atoms with Gasteiger partial charge in [0.05, 0.1) is 19.6 Å². The van der Waals surface area contributed by atoms with Gasteiger partial charge in [0.2, 0.25) is 23.6 Å². The van der Waals surface area contributed by atoms with Crippen LogP contribution in [0.2, 0.25) is 0 Å². The summed E-state index contributed by atoms with van der Waals surface area (Å²) in [6.07, 6.45) is -0.832. The van der Waals surface area contributed by atoms with Gasteiger partial charge in [0.1, 0.15) is 29.9 Å². The number of aliphatic hydroxyl groups is 2. The minimum absolute atomic E-state index is 0.0351. The Balaban J connectivity index is 2.99. The van der Waals surface area contributed by atoms with Crippen LogP contribution in [0.5, 0.6) is 5.75 Å². The molecule has 0 spiro atoms. The Morgan fingerprint density at radius 2 is 1.33 bits per heavy atom. The monoisotopic (exact) mass is 469 g/mol. The number of aliphatic hydroxyl groups excluding tert-OH is 2. The Morgan fingerprint density at radius 1 is 0.818 bits per heavy atom. The number of rotatable bonds is 13. The second-order valence-electron chi connectivity index (χ2n) is 7.03. The molecule has 1 rings (SSSR count). The van der Waals surface area contributed by atoms with Crippen molar-refractivity contribution < 1.29 is 44.4 Å². The molecule has 1 aromatic carbocycles. The smallest absolute Gasteiger partial charge is 0.326 e. The van der Waals surface area contributed by atoms with Gasteiger partial charge in [-0.25, -0.2) is 4.79 Å². The third kappa shape index (κ3) is 9.10. The van der Waals surface area contributed by atoms with Crippen LogP contribution < -0.4 is 27.4 Å². The first kappa shape index (κ1) is 27.3. The maximum absolute atomic E-state index is 12.8. The highest BCUT2D eigenvalue weighted by Gasteiger charge is 2.30. The lowest BCUT2D eigenvalue weighted by molar-refractivity contribution is -0.144. The Labute approximate surface area is 187 Å². The number of benzene rings is 1. The summed E-state index contributed by atoms with van der Waals surface area (Å²) in [5.41, 5.74) is 10.9. The molecule has 0 aliphatic carbocycles. The standard InChI is InChI=1S/C19H27N5O9/c20-11(7-25)16(29)22-12(5-9-1-3-10(27)4-2-9)17(30)24-14(8-26)18(31)23-13(19(32)33)6-15(21)28/h1-4,11-14,25-27H,5-8,20H2,(H2,21,28)(H,22,29)(H,23,31)(H,24,30)(H,32,33)/t11-,12-,13-,14-/m0/s1. The molecule has 0 unspecified atom stereocenters. The molecule has 0 aliphatic rings. The highest BCUT2D eigenvalue weighted by Crippen LogP contribution is 2.12. The van der Waals surface area contributed by atoms with Gasteiger partial charge >= 0.3 is 5.97 Å². The van der Waals surface area contributed by atoms with Gasteiger partial charge in [0.25, 0.3) is 0 Å². The van der Waals surface area contributed by atoms with Gasteiger partial charge in [-0.05, 0) is 17.7 Å². The predicted octanol–water partition coefficient (Wildman–Crippen LogP) is -4.34. The van der Waals surface area contributed by atoms with Crippen LogP contribution in [0, 0.1) is 0 Å². The zero-order valence-electron chi connectivity index (χ0n) is 17.4. The van der Waals surface area contributed by atoms with Crippen molar-refractivity contribution in [3.63, 3.8) is 0 Å². The second kappa shape index (κ2) is 12.9. The van der Waals surface area contributed by atoms with Crippen LogP contribution in [0.4, 0.5) is 0 Å². The molecule has 4 atom stereocenters. The summed E-state index contributed by atoms with van der Waals surface area (Å²) in [4.78, 5) is 59.4. The summed E-state index contributed by atoms with van der Waals surface area (Å²) in [6.45, 7) is -1.63. The summed E-state index contributed by atoms with van der Waals surface area (Å²) in [7, 11) is 0. The molecule has 0 aromatic heterocycles. The minimum Gasteiger partial charge on any atom is -0.508 e. The second-order valence-corrected chi connectivity index (χ2v) is 7.03. The number of carboxylic acid groups (broad SMARTS) is 1. The van der Waals surface area contributed by atoms with E-state index >= 15 is 0 Å². The number of aliphatic carboxylic acids is 1. The first-order chi connectivity index (χ1) is 15.5. The summed E-state index contributed by atoms with van der Waals surface area (Å²) < 4.78 is 0. The Morgan fingerprint density at radius 3 is 1.82 bits per heavy atom. The Kier molecular flexibility index (Phi) is 10.7. The van der Waals surface area contributed by atoms with Gasteiger partial charge in [-0.1, -0.05) is 12.1 Å². The third-order valence-electron chi connectivity index (χ3n) is 4.38. The molecule has 0 saturated carbocycles. The number of carboxylic acids is 1. The number of primary amides is 1. The summed E-state index contributed by atoms with van der Waals surface area (Å²) >= 11 is 0. The van der Waals surface area contributed by atoms with Crippen molar-refractivity contribution in [3.8, 4) is 5.75 Å². The van der Waals surface area contributed by atoms with Gasteiger partial charge in [0, 0.05) is 6.42 Å². The van der Waals surface area contributed by atoms with E-state index < -0.39 is 73.4 Å². The highest BCUT2D eigenvalue weighted by molar-refractivity contribution is 5.95. The number of phenols is 1. The molecule has 0 saturated heterocycles. The minimum atomic E-state index is -1.68. The summed E-state index contributed by atoms with van der Waals surface area (Å²) in [5.74, 6) is -5.50. The molecule has 182 valence electrons. The van der Waals surface area contributed by atoms with Crippen molar-refractivity contribution in [2.45, 2.75) is 37.0 Å². The van der Waals surface area contributed by atoms with E-state index in [9.17, 15) is 34.2 Å². The van der Waals surface area contributed by atoms with E-state index in [1.54, 1.807) is 0 Å². The first-order valence-corrected chi connectivity index (χ1v) is 9.65. The molecule has 0 heterocycles. The van der Waals surface area contributed by atoms with Crippen molar-refractivity contribution in [1.29, 1.82) is 0 Å². The Bertz CT molecular complexity index is 862. The summed E-state index contributed by atoms with van der Waals surface area (Å²) in [5, 5.41) is 43.5. The SMILES string of the molecule is NC(=O)C[C@H](NC(=O)[C@H](CO)NC(=O)[C@H](Cc1ccc(O)cc1)NC(=O)[C@@H](N)CO)C(=O)O. The van der Waals surface area contributed by atoms with Gasteiger partial charge in [-0.3, -0.25) is 19.2 Å². The molecular formula is C19H27N5O9. The quantitative estimate of drug-likeness (QED) is 0.134. The molecule has 1 aromatic rings. The van der Waals surface area contributed by atoms with E-state index in [4.69, 9.17) is 21.7 Å². The average Bonchev–Trinajstić information content (AvgIpc) is 2.76.